The third-order valence-electron chi connectivity index (χ3n) is 1.18. The van der Waals surface area contributed by atoms with E-state index in [0.717, 1.165) is 12.2 Å². The molecule has 0 aliphatic heterocycles. The molecule has 10 heavy (non-hydrogen) atoms. The monoisotopic (exact) mass is 158 g/mol. The molecule has 1 aromatic rings. The van der Waals surface area contributed by atoms with Crippen molar-refractivity contribution in [1.29, 1.82) is 0 Å². The number of hydroxylamine groups is 2. The summed E-state index contributed by atoms with van der Waals surface area (Å²) in [5, 5.41) is 3.74. The van der Waals surface area contributed by atoms with Crippen molar-refractivity contribution < 1.29 is 4.84 Å². The Morgan fingerprint density at radius 3 is 3.10 bits per heavy atom. The lowest BCUT2D eigenvalue weighted by Gasteiger charge is -2.10. The molecule has 3 nitrogen and oxygen atoms in total. The largest absolute Gasteiger partial charge is 0.302 e. The lowest BCUT2D eigenvalue weighted by Crippen LogP contribution is -2.15. The molecule has 0 aliphatic carbocycles. The van der Waals surface area contributed by atoms with Gasteiger partial charge in [0.15, 0.2) is 0 Å². The molecule has 0 saturated carbocycles. The molecule has 0 unspecified atom stereocenters. The molecule has 1 aromatic heterocycles. The Hall–Kier alpha value is -0.450. The van der Waals surface area contributed by atoms with Gasteiger partial charge >= 0.3 is 0 Å². The normalized spacial score (nSPS) is 10.7. The van der Waals surface area contributed by atoms with Crippen molar-refractivity contribution in [1.82, 2.24) is 10.0 Å². The van der Waals surface area contributed by atoms with Gasteiger partial charge in [-0.05, 0) is 0 Å². The number of hydrogen-bond donors (Lipinski definition) is 0. The molecule has 0 atom stereocenters. The molecule has 0 fully saturated rings. The van der Waals surface area contributed by atoms with Gasteiger partial charge in [-0.1, -0.05) is 0 Å². The van der Waals surface area contributed by atoms with E-state index in [1.807, 2.05) is 17.9 Å². The number of hydrogen-bond acceptors (Lipinski definition) is 4. The van der Waals surface area contributed by atoms with Gasteiger partial charge in [0.25, 0.3) is 0 Å². The van der Waals surface area contributed by atoms with Crippen LogP contribution in [0.3, 0.4) is 0 Å². The highest BCUT2D eigenvalue weighted by Crippen LogP contribution is 2.03. The Bertz CT molecular complexity index is 176. The Labute approximate surface area is 64.2 Å². The predicted octanol–water partition coefficient (Wildman–Crippen LogP) is 1.14. The van der Waals surface area contributed by atoms with Crippen LogP contribution in [0, 0.1) is 0 Å². The van der Waals surface area contributed by atoms with Gasteiger partial charge in [0.05, 0.1) is 24.9 Å². The second kappa shape index (κ2) is 3.65. The van der Waals surface area contributed by atoms with Crippen LogP contribution >= 0.6 is 11.3 Å². The maximum atomic E-state index is 4.92. The second-order valence-electron chi connectivity index (χ2n) is 1.95. The minimum atomic E-state index is 0.750. The molecule has 1 rings (SSSR count). The summed E-state index contributed by atoms with van der Waals surface area (Å²) in [6, 6.07) is 0. The summed E-state index contributed by atoms with van der Waals surface area (Å²) in [4.78, 5) is 9.02. The number of nitrogens with zero attached hydrogens (tertiary/aromatic N) is 2. The summed E-state index contributed by atoms with van der Waals surface area (Å²) in [7, 11) is 3.52. The molecule has 56 valence electrons. The molecule has 4 heteroatoms. The van der Waals surface area contributed by atoms with Gasteiger partial charge < -0.3 is 4.84 Å². The Kier molecular flexibility index (Phi) is 2.80. The summed E-state index contributed by atoms with van der Waals surface area (Å²) in [5.74, 6) is 0. The van der Waals surface area contributed by atoms with E-state index in [2.05, 4.69) is 4.98 Å². The van der Waals surface area contributed by atoms with Crippen molar-refractivity contribution in [2.24, 2.45) is 0 Å². The first-order valence-electron chi connectivity index (χ1n) is 2.95. The highest BCUT2D eigenvalue weighted by atomic mass is 32.1. The Morgan fingerprint density at radius 2 is 2.60 bits per heavy atom. The van der Waals surface area contributed by atoms with Crippen LogP contribution in [0.15, 0.2) is 10.9 Å². The van der Waals surface area contributed by atoms with E-state index in [0.29, 0.717) is 0 Å². The summed E-state index contributed by atoms with van der Waals surface area (Å²) in [6.07, 6.45) is 0. The third kappa shape index (κ3) is 2.06. The van der Waals surface area contributed by atoms with Crippen molar-refractivity contribution in [2.75, 3.05) is 14.2 Å². The van der Waals surface area contributed by atoms with Crippen LogP contribution in [0.1, 0.15) is 5.69 Å². The van der Waals surface area contributed by atoms with Crippen molar-refractivity contribution >= 4 is 11.3 Å². The van der Waals surface area contributed by atoms with Crippen LogP contribution in [0.2, 0.25) is 0 Å². The fourth-order valence-electron chi connectivity index (χ4n) is 0.608. The first-order chi connectivity index (χ1) is 4.83. The fourth-order valence-corrected chi connectivity index (χ4v) is 1.16. The Balaban J connectivity index is 2.40. The first kappa shape index (κ1) is 7.65. The van der Waals surface area contributed by atoms with E-state index in [1.54, 1.807) is 23.5 Å². The van der Waals surface area contributed by atoms with Crippen LogP contribution in [0.5, 0.6) is 0 Å². The van der Waals surface area contributed by atoms with Gasteiger partial charge in [-0.2, -0.15) is 5.06 Å². The van der Waals surface area contributed by atoms with Crippen molar-refractivity contribution in [3.63, 3.8) is 0 Å². The molecule has 0 radical (unpaired) electrons. The van der Waals surface area contributed by atoms with Crippen LogP contribution in [0.25, 0.3) is 0 Å². The molecule has 0 aromatic carbocycles. The summed E-state index contributed by atoms with van der Waals surface area (Å²) < 4.78 is 0. The van der Waals surface area contributed by atoms with Crippen molar-refractivity contribution in [2.45, 2.75) is 6.54 Å². The van der Waals surface area contributed by atoms with Crippen molar-refractivity contribution in [3.05, 3.63) is 16.6 Å². The molecule has 0 N–H and O–H groups in total. The van der Waals surface area contributed by atoms with E-state index in [1.165, 1.54) is 0 Å². The smallest absolute Gasteiger partial charge is 0.0795 e. The highest BCUT2D eigenvalue weighted by Gasteiger charge is 1.98. The molecular weight excluding hydrogens is 148 g/mol. The molecular formula is C6H10N2OS. The van der Waals surface area contributed by atoms with Gasteiger partial charge in [-0.15, -0.1) is 11.3 Å². The average molecular weight is 158 g/mol. The zero-order valence-electron chi connectivity index (χ0n) is 6.07. The van der Waals surface area contributed by atoms with E-state index in [9.17, 15) is 0 Å². The predicted molar refractivity (Wildman–Crippen MR) is 40.6 cm³/mol. The van der Waals surface area contributed by atoms with Gasteiger partial charge in [0, 0.05) is 12.4 Å². The Morgan fingerprint density at radius 1 is 1.80 bits per heavy atom. The summed E-state index contributed by atoms with van der Waals surface area (Å²) in [5.41, 5.74) is 2.87. The zero-order valence-corrected chi connectivity index (χ0v) is 6.89. The van der Waals surface area contributed by atoms with Gasteiger partial charge in [0.2, 0.25) is 0 Å². The molecule has 0 bridgehead atoms. The van der Waals surface area contributed by atoms with Crippen LogP contribution in [-0.2, 0) is 11.4 Å². The molecule has 1 heterocycles. The molecule has 0 aliphatic rings. The van der Waals surface area contributed by atoms with Crippen LogP contribution < -0.4 is 0 Å². The average Bonchev–Trinajstić information content (AvgIpc) is 2.40. The standard InChI is InChI=1S/C6H10N2OS/c1-8(9-2)3-6-4-10-5-7-6/h4-5H,3H2,1-2H3. The third-order valence-corrected chi connectivity index (χ3v) is 1.82. The van der Waals surface area contributed by atoms with Crippen molar-refractivity contribution in [3.8, 4) is 0 Å². The van der Waals surface area contributed by atoms with Crippen LogP contribution in [-0.4, -0.2) is 24.2 Å². The molecule has 0 saturated heterocycles. The molecule has 0 amide bonds. The topological polar surface area (TPSA) is 25.4 Å². The van der Waals surface area contributed by atoms with Gasteiger partial charge in [-0.3, -0.25) is 0 Å². The van der Waals surface area contributed by atoms with Gasteiger partial charge in [0.1, 0.15) is 0 Å². The lowest BCUT2D eigenvalue weighted by atomic mass is 10.5. The van der Waals surface area contributed by atoms with Crippen LogP contribution in [0.4, 0.5) is 0 Å². The fraction of sp³-hybridized carbons (Fsp3) is 0.500. The second-order valence-corrected chi connectivity index (χ2v) is 2.67. The number of rotatable bonds is 3. The maximum absolute atomic E-state index is 4.92. The summed E-state index contributed by atoms with van der Waals surface area (Å²) in [6.45, 7) is 0.750. The maximum Gasteiger partial charge on any atom is 0.0795 e. The SMILES string of the molecule is CON(C)Cc1cscn1. The number of aromatic nitrogens is 1. The quantitative estimate of drug-likeness (QED) is 0.617. The minimum Gasteiger partial charge on any atom is -0.302 e. The van der Waals surface area contributed by atoms with E-state index in [-0.39, 0.29) is 0 Å². The van der Waals surface area contributed by atoms with E-state index >= 15 is 0 Å². The lowest BCUT2D eigenvalue weighted by molar-refractivity contribution is -0.117. The number of thiazole rings is 1. The highest BCUT2D eigenvalue weighted by molar-refractivity contribution is 7.07. The van der Waals surface area contributed by atoms with E-state index in [4.69, 9.17) is 4.84 Å². The van der Waals surface area contributed by atoms with Gasteiger partial charge in [-0.25, -0.2) is 4.98 Å². The summed E-state index contributed by atoms with van der Waals surface area (Å²) >= 11 is 1.60. The first-order valence-corrected chi connectivity index (χ1v) is 3.89. The zero-order chi connectivity index (χ0) is 7.40. The minimum absolute atomic E-state index is 0.750. The van der Waals surface area contributed by atoms with E-state index < -0.39 is 0 Å². The molecule has 0 spiro atoms.